The summed E-state index contributed by atoms with van der Waals surface area (Å²) in [7, 11) is 0. The first-order chi connectivity index (χ1) is 29.2. The highest BCUT2D eigenvalue weighted by Crippen LogP contribution is 2.42. The van der Waals surface area contributed by atoms with E-state index in [0.29, 0.717) is 17.5 Å². The highest BCUT2D eigenvalue weighted by molar-refractivity contribution is 6.14. The maximum atomic E-state index is 6.55. The van der Waals surface area contributed by atoms with Crippen LogP contribution >= 0.6 is 0 Å². The van der Waals surface area contributed by atoms with Crippen molar-refractivity contribution in [3.8, 4) is 78.7 Å². The van der Waals surface area contributed by atoms with Gasteiger partial charge in [-0.25, -0.2) is 15.0 Å². The molecule has 0 saturated heterocycles. The molecule has 0 N–H and O–H groups in total. The molecule has 0 atom stereocenters. The lowest BCUT2D eigenvalue weighted by molar-refractivity contribution is 0.669. The molecule has 2 heterocycles. The van der Waals surface area contributed by atoms with Crippen molar-refractivity contribution in [2.24, 2.45) is 0 Å². The van der Waals surface area contributed by atoms with Crippen LogP contribution in [0.25, 0.3) is 111 Å². The average molecular weight is 754 g/mol. The van der Waals surface area contributed by atoms with Gasteiger partial charge in [-0.05, 0) is 79.5 Å². The first kappa shape index (κ1) is 34.3. The molecule has 59 heavy (non-hydrogen) atoms. The Kier molecular flexibility index (Phi) is 8.45. The van der Waals surface area contributed by atoms with Crippen molar-refractivity contribution in [1.29, 1.82) is 0 Å². The van der Waals surface area contributed by atoms with Gasteiger partial charge in [0.15, 0.2) is 17.5 Å². The smallest absolute Gasteiger partial charge is 0.164 e. The Balaban J connectivity index is 1.07. The van der Waals surface area contributed by atoms with E-state index in [1.165, 1.54) is 33.0 Å². The normalized spacial score (nSPS) is 11.4. The van der Waals surface area contributed by atoms with Gasteiger partial charge in [0.05, 0.1) is 0 Å². The molecule has 11 aromatic rings. The molecule has 0 unspecified atom stereocenters. The zero-order valence-electron chi connectivity index (χ0n) is 32.0. The number of hydrogen-bond donors (Lipinski definition) is 0. The van der Waals surface area contributed by atoms with Gasteiger partial charge in [-0.15, -0.1) is 0 Å². The molecule has 0 fully saturated rings. The number of nitrogens with zero attached hydrogens (tertiary/aromatic N) is 3. The number of fused-ring (bicyclic) bond motifs is 4. The monoisotopic (exact) mass is 753 g/mol. The Morgan fingerprint density at radius 3 is 1.56 bits per heavy atom. The third-order valence-electron chi connectivity index (χ3n) is 11.2. The summed E-state index contributed by atoms with van der Waals surface area (Å²) in [5.41, 5.74) is 13.6. The fourth-order valence-corrected chi connectivity index (χ4v) is 8.36. The SMILES string of the molecule is c1ccc(-c2cccc(-c3nc(-c4ccccc4)nc(-c4cccc5oc6ccc(-c7ccc(-c8ccccc8-c8ccccc8)c8ccccc78)cc6c45)n3)c2)cc1. The Bertz CT molecular complexity index is 3320. The molecule has 0 spiro atoms. The number of rotatable bonds is 7. The highest BCUT2D eigenvalue weighted by Gasteiger charge is 2.20. The molecule has 0 bridgehead atoms. The quantitative estimate of drug-likeness (QED) is 0.163. The van der Waals surface area contributed by atoms with Crippen LogP contribution in [0.4, 0.5) is 0 Å². The molecule has 0 radical (unpaired) electrons. The summed E-state index contributed by atoms with van der Waals surface area (Å²) < 4.78 is 6.55. The second-order valence-corrected chi connectivity index (χ2v) is 14.7. The molecule has 0 aliphatic heterocycles. The molecule has 4 heteroatoms. The van der Waals surface area contributed by atoms with Crippen LogP contribution in [0.2, 0.25) is 0 Å². The van der Waals surface area contributed by atoms with Crippen LogP contribution in [0.15, 0.2) is 217 Å². The second kappa shape index (κ2) is 14.5. The lowest BCUT2D eigenvalue weighted by atomic mass is 9.88. The summed E-state index contributed by atoms with van der Waals surface area (Å²) in [6, 6.07) is 74.1. The van der Waals surface area contributed by atoms with Gasteiger partial charge in [-0.1, -0.05) is 188 Å². The van der Waals surface area contributed by atoms with Crippen molar-refractivity contribution >= 4 is 32.7 Å². The maximum absolute atomic E-state index is 6.55. The Morgan fingerprint density at radius 1 is 0.254 bits per heavy atom. The Labute approximate surface area is 341 Å². The van der Waals surface area contributed by atoms with E-state index < -0.39 is 0 Å². The lowest BCUT2D eigenvalue weighted by Gasteiger charge is -2.15. The van der Waals surface area contributed by atoms with Crippen LogP contribution in [-0.4, -0.2) is 15.0 Å². The maximum Gasteiger partial charge on any atom is 0.164 e. The molecule has 0 aliphatic carbocycles. The van der Waals surface area contributed by atoms with Crippen molar-refractivity contribution in [3.05, 3.63) is 212 Å². The number of aromatic nitrogens is 3. The average Bonchev–Trinajstić information content (AvgIpc) is 3.70. The number of furan rings is 1. The molecule has 0 saturated carbocycles. The van der Waals surface area contributed by atoms with Crippen LogP contribution < -0.4 is 0 Å². The van der Waals surface area contributed by atoms with E-state index in [1.807, 2.05) is 48.5 Å². The van der Waals surface area contributed by atoms with Gasteiger partial charge in [0.1, 0.15) is 11.2 Å². The topological polar surface area (TPSA) is 51.8 Å². The van der Waals surface area contributed by atoms with E-state index >= 15 is 0 Å². The minimum Gasteiger partial charge on any atom is -0.456 e. The first-order valence-corrected chi connectivity index (χ1v) is 19.9. The number of hydrogen-bond acceptors (Lipinski definition) is 4. The molecular formula is C55H35N3O. The minimum absolute atomic E-state index is 0.588. The fourth-order valence-electron chi connectivity index (χ4n) is 8.36. The van der Waals surface area contributed by atoms with Gasteiger partial charge in [-0.2, -0.15) is 0 Å². The number of benzene rings is 9. The van der Waals surface area contributed by atoms with Crippen molar-refractivity contribution < 1.29 is 4.42 Å². The summed E-state index contributed by atoms with van der Waals surface area (Å²) in [5.74, 6) is 1.81. The second-order valence-electron chi connectivity index (χ2n) is 14.7. The first-order valence-electron chi connectivity index (χ1n) is 19.9. The molecule has 0 amide bonds. The van der Waals surface area contributed by atoms with Crippen molar-refractivity contribution in [2.75, 3.05) is 0 Å². The van der Waals surface area contributed by atoms with Crippen molar-refractivity contribution in [3.63, 3.8) is 0 Å². The van der Waals surface area contributed by atoms with Crippen LogP contribution in [0.5, 0.6) is 0 Å². The van der Waals surface area contributed by atoms with Gasteiger partial charge in [0, 0.05) is 27.5 Å². The van der Waals surface area contributed by atoms with Gasteiger partial charge < -0.3 is 4.42 Å². The van der Waals surface area contributed by atoms with Crippen LogP contribution in [0, 0.1) is 0 Å². The third kappa shape index (κ3) is 6.24. The molecule has 4 nitrogen and oxygen atoms in total. The molecular weight excluding hydrogens is 719 g/mol. The third-order valence-corrected chi connectivity index (χ3v) is 11.2. The van der Waals surface area contributed by atoms with Gasteiger partial charge in [-0.3, -0.25) is 0 Å². The van der Waals surface area contributed by atoms with Crippen molar-refractivity contribution in [1.82, 2.24) is 15.0 Å². The minimum atomic E-state index is 0.588. The fraction of sp³-hybridized carbons (Fsp3) is 0. The molecule has 2 aromatic heterocycles. The summed E-state index contributed by atoms with van der Waals surface area (Å²) in [6.45, 7) is 0. The Hall–Kier alpha value is -7.95. The van der Waals surface area contributed by atoms with Crippen LogP contribution in [-0.2, 0) is 0 Å². The van der Waals surface area contributed by atoms with Crippen LogP contribution in [0.1, 0.15) is 0 Å². The molecule has 9 aromatic carbocycles. The zero-order chi connectivity index (χ0) is 39.1. The predicted octanol–water partition coefficient (Wildman–Crippen LogP) is 14.6. The molecule has 0 aliphatic rings. The van der Waals surface area contributed by atoms with Gasteiger partial charge in [0.25, 0.3) is 0 Å². The molecule has 11 rings (SSSR count). The zero-order valence-corrected chi connectivity index (χ0v) is 32.0. The summed E-state index contributed by atoms with van der Waals surface area (Å²) in [4.78, 5) is 15.4. The largest absolute Gasteiger partial charge is 0.456 e. The van der Waals surface area contributed by atoms with E-state index in [2.05, 4.69) is 164 Å². The summed E-state index contributed by atoms with van der Waals surface area (Å²) >= 11 is 0. The van der Waals surface area contributed by atoms with E-state index in [4.69, 9.17) is 19.4 Å². The Morgan fingerprint density at radius 2 is 0.797 bits per heavy atom. The summed E-state index contributed by atoms with van der Waals surface area (Å²) in [6.07, 6.45) is 0. The molecule has 276 valence electrons. The predicted molar refractivity (Wildman–Crippen MR) is 243 cm³/mol. The van der Waals surface area contributed by atoms with E-state index in [1.54, 1.807) is 0 Å². The van der Waals surface area contributed by atoms with Crippen LogP contribution in [0.3, 0.4) is 0 Å². The summed E-state index contributed by atoms with van der Waals surface area (Å²) in [5, 5.41) is 4.36. The van der Waals surface area contributed by atoms with E-state index in [-0.39, 0.29) is 0 Å². The standard InChI is InChI=1S/C55H35N3O/c1-4-16-36(17-5-1)39-22-14-23-41(34-39)54-56-53(38-20-8-3-9-21-38)57-55(58-54)48-28-15-29-51-52(48)49-35-40(30-33-50(49)59-51)43-31-32-47(46-27-13-12-26-45(43)46)44-25-11-10-24-42(44)37-18-6-2-7-19-37/h1-35H. The lowest BCUT2D eigenvalue weighted by Crippen LogP contribution is -2.00. The van der Waals surface area contributed by atoms with E-state index in [0.717, 1.165) is 60.9 Å². The highest BCUT2D eigenvalue weighted by atomic mass is 16.3. The van der Waals surface area contributed by atoms with E-state index in [9.17, 15) is 0 Å². The van der Waals surface area contributed by atoms with Crippen molar-refractivity contribution in [2.45, 2.75) is 0 Å². The van der Waals surface area contributed by atoms with Gasteiger partial charge in [0.2, 0.25) is 0 Å². The van der Waals surface area contributed by atoms with Gasteiger partial charge >= 0.3 is 0 Å².